The minimum absolute atomic E-state index is 0.320. The van der Waals surface area contributed by atoms with Gasteiger partial charge in [0.15, 0.2) is 0 Å². The topological polar surface area (TPSA) is 47.6 Å². The maximum atomic E-state index is 9.14. The summed E-state index contributed by atoms with van der Waals surface area (Å²) in [5.74, 6) is 4.89. The molecule has 2 aliphatic carbocycles. The molecule has 0 N–H and O–H groups in total. The normalized spacial score (nSPS) is 15.5. The molecule has 3 rings (SSSR count). The quantitative estimate of drug-likeness (QED) is 0.206. The van der Waals surface area contributed by atoms with Crippen molar-refractivity contribution in [3.8, 4) is 36.8 Å². The van der Waals surface area contributed by atoms with Crippen LogP contribution in [-0.2, 0) is 12.8 Å². The Labute approximate surface area is 221 Å². The first-order chi connectivity index (χ1) is 18.1. The van der Waals surface area contributed by atoms with Crippen molar-refractivity contribution < 1.29 is 0 Å². The van der Waals surface area contributed by atoms with Gasteiger partial charge >= 0.3 is 0 Å². The van der Waals surface area contributed by atoms with Crippen LogP contribution in [0.5, 0.6) is 0 Å². The number of terminal acetylenes is 2. The largest absolute Gasteiger partial charge is 0.193 e. The standard InChI is InChI=1S/C35H30N2/c1-5-11-29(25-37)15-10-14-28-17-19-33(21-28)35-23-30(7-3)34(22-31(35)8-4)32-18-16-27(20-32)13-9-12-26(6-2)24-36/h1-2,9-10,12-19,22-23H,7-8,11,20-21H2,3-4H3/b13-9+,14-10+,26-12-,29-15-. The molecule has 0 heterocycles. The summed E-state index contributed by atoms with van der Waals surface area (Å²) < 4.78 is 0. The Bertz CT molecular complexity index is 1460. The second-order valence-corrected chi connectivity index (χ2v) is 8.83. The molecule has 2 heteroatoms. The first-order valence-electron chi connectivity index (χ1n) is 12.5. The molecular formula is C35H30N2. The summed E-state index contributed by atoms with van der Waals surface area (Å²) in [6.07, 6.45) is 34.6. The maximum Gasteiger partial charge on any atom is 0.108 e. The lowest BCUT2D eigenvalue weighted by Gasteiger charge is -2.17. The van der Waals surface area contributed by atoms with Crippen LogP contribution in [0.25, 0.3) is 11.1 Å². The van der Waals surface area contributed by atoms with Gasteiger partial charge in [0.2, 0.25) is 0 Å². The molecule has 0 aromatic heterocycles. The molecular weight excluding hydrogens is 448 g/mol. The minimum atomic E-state index is 0.320. The van der Waals surface area contributed by atoms with Crippen LogP contribution in [0, 0.1) is 47.3 Å². The number of benzene rings is 1. The minimum Gasteiger partial charge on any atom is -0.193 e. The van der Waals surface area contributed by atoms with E-state index in [-0.39, 0.29) is 0 Å². The van der Waals surface area contributed by atoms with Gasteiger partial charge in [-0.25, -0.2) is 0 Å². The van der Waals surface area contributed by atoms with E-state index in [2.05, 4.69) is 74.3 Å². The third kappa shape index (κ3) is 6.89. The molecule has 0 spiro atoms. The lowest BCUT2D eigenvalue weighted by Crippen LogP contribution is -2.00. The Morgan fingerprint density at radius 2 is 1.35 bits per heavy atom. The fourth-order valence-electron chi connectivity index (χ4n) is 4.48. The van der Waals surface area contributed by atoms with Gasteiger partial charge in [-0.05, 0) is 82.4 Å². The molecule has 2 nitrogen and oxygen atoms in total. The number of rotatable bonds is 9. The third-order valence-electron chi connectivity index (χ3n) is 6.46. The van der Waals surface area contributed by atoms with Crippen molar-refractivity contribution in [1.29, 1.82) is 10.5 Å². The summed E-state index contributed by atoms with van der Waals surface area (Å²) in [4.78, 5) is 0. The Hall–Kier alpha value is -4.76. The molecule has 180 valence electrons. The molecule has 0 aliphatic heterocycles. The molecule has 0 saturated carbocycles. The van der Waals surface area contributed by atoms with Crippen molar-refractivity contribution >= 4 is 11.1 Å². The van der Waals surface area contributed by atoms with Crippen molar-refractivity contribution in [2.24, 2.45) is 0 Å². The summed E-state index contributed by atoms with van der Waals surface area (Å²) in [6.45, 7) is 4.41. The summed E-state index contributed by atoms with van der Waals surface area (Å²) in [6, 6.07) is 8.87. The molecule has 0 atom stereocenters. The van der Waals surface area contributed by atoms with Gasteiger partial charge in [-0.15, -0.1) is 18.8 Å². The second kappa shape index (κ2) is 13.4. The molecule has 0 bridgehead atoms. The molecule has 1 aromatic rings. The van der Waals surface area contributed by atoms with Crippen molar-refractivity contribution in [2.45, 2.75) is 46.0 Å². The van der Waals surface area contributed by atoms with E-state index in [1.807, 2.05) is 24.3 Å². The highest BCUT2D eigenvalue weighted by Crippen LogP contribution is 2.37. The Kier molecular flexibility index (Phi) is 9.69. The van der Waals surface area contributed by atoms with Crippen LogP contribution in [-0.4, -0.2) is 0 Å². The van der Waals surface area contributed by atoms with Crippen LogP contribution in [0.2, 0.25) is 0 Å². The number of hydrogen-bond acceptors (Lipinski definition) is 2. The van der Waals surface area contributed by atoms with Crippen molar-refractivity contribution in [3.05, 3.63) is 117 Å². The van der Waals surface area contributed by atoms with Crippen molar-refractivity contribution in [3.63, 3.8) is 0 Å². The van der Waals surface area contributed by atoms with E-state index in [0.29, 0.717) is 17.6 Å². The van der Waals surface area contributed by atoms with Crippen LogP contribution in [0.1, 0.15) is 55.4 Å². The zero-order valence-corrected chi connectivity index (χ0v) is 21.5. The lowest BCUT2D eigenvalue weighted by molar-refractivity contribution is 1.07. The average molecular weight is 479 g/mol. The molecule has 0 radical (unpaired) electrons. The first kappa shape index (κ1) is 26.8. The summed E-state index contributed by atoms with van der Waals surface area (Å²) >= 11 is 0. The Balaban J connectivity index is 1.76. The number of hydrogen-bond donors (Lipinski definition) is 0. The van der Waals surface area contributed by atoms with E-state index in [0.717, 1.165) is 25.7 Å². The smallest absolute Gasteiger partial charge is 0.108 e. The number of aryl methyl sites for hydroxylation is 2. The maximum absolute atomic E-state index is 9.14. The van der Waals surface area contributed by atoms with Crippen molar-refractivity contribution in [1.82, 2.24) is 0 Å². The summed E-state index contributed by atoms with van der Waals surface area (Å²) in [5, 5.41) is 18.1. The van der Waals surface area contributed by atoms with Crippen LogP contribution in [0.15, 0.2) is 95.2 Å². The molecule has 0 saturated heterocycles. The summed E-state index contributed by atoms with van der Waals surface area (Å²) in [7, 11) is 0. The monoisotopic (exact) mass is 478 g/mol. The van der Waals surface area contributed by atoms with Gasteiger partial charge < -0.3 is 0 Å². The van der Waals surface area contributed by atoms with Crippen LogP contribution in [0.3, 0.4) is 0 Å². The lowest BCUT2D eigenvalue weighted by atomic mass is 9.87. The molecule has 2 aliphatic rings. The van der Waals surface area contributed by atoms with Gasteiger partial charge in [0.1, 0.15) is 11.6 Å². The van der Waals surface area contributed by atoms with E-state index < -0.39 is 0 Å². The predicted octanol–water partition coefficient (Wildman–Crippen LogP) is 7.91. The zero-order valence-electron chi connectivity index (χ0n) is 21.5. The third-order valence-corrected chi connectivity index (χ3v) is 6.46. The molecule has 37 heavy (non-hydrogen) atoms. The number of allylic oxidation sites excluding steroid dienone is 16. The van der Waals surface area contributed by atoms with Gasteiger partial charge in [-0.3, -0.25) is 0 Å². The first-order valence-corrected chi connectivity index (χ1v) is 12.5. The molecule has 1 aromatic carbocycles. The van der Waals surface area contributed by atoms with E-state index >= 15 is 0 Å². The number of nitriles is 2. The van der Waals surface area contributed by atoms with Gasteiger partial charge in [0.05, 0.1) is 6.07 Å². The van der Waals surface area contributed by atoms with Crippen molar-refractivity contribution in [2.75, 3.05) is 0 Å². The highest BCUT2D eigenvalue weighted by atomic mass is 14.2. The van der Waals surface area contributed by atoms with Gasteiger partial charge in [0.25, 0.3) is 0 Å². The molecule has 0 unspecified atom stereocenters. The van der Waals surface area contributed by atoms with Gasteiger partial charge in [0, 0.05) is 12.0 Å². The van der Waals surface area contributed by atoms with E-state index in [4.69, 9.17) is 23.4 Å². The highest BCUT2D eigenvalue weighted by Gasteiger charge is 2.18. The van der Waals surface area contributed by atoms with Gasteiger partial charge in [-0.2, -0.15) is 10.5 Å². The number of nitrogens with zero attached hydrogens (tertiary/aromatic N) is 2. The van der Waals surface area contributed by atoms with Crippen LogP contribution >= 0.6 is 0 Å². The van der Waals surface area contributed by atoms with E-state index in [1.54, 1.807) is 12.2 Å². The second-order valence-electron chi connectivity index (χ2n) is 8.83. The van der Waals surface area contributed by atoms with E-state index in [1.165, 1.54) is 44.5 Å². The van der Waals surface area contributed by atoms with E-state index in [9.17, 15) is 0 Å². The zero-order chi connectivity index (χ0) is 26.6. The molecule has 0 fully saturated rings. The Morgan fingerprint density at radius 1 is 0.811 bits per heavy atom. The highest BCUT2D eigenvalue weighted by molar-refractivity contribution is 5.81. The van der Waals surface area contributed by atoms with Crippen LogP contribution < -0.4 is 0 Å². The Morgan fingerprint density at radius 3 is 1.78 bits per heavy atom. The predicted molar refractivity (Wildman–Crippen MR) is 155 cm³/mol. The molecule has 0 amide bonds. The fraction of sp³-hybridized carbons (Fsp3) is 0.200. The van der Waals surface area contributed by atoms with Crippen LogP contribution in [0.4, 0.5) is 0 Å². The fourth-order valence-corrected chi connectivity index (χ4v) is 4.48. The SMILES string of the molecule is C#CC/C(C#N)=C/C=C/C1=CC=C(c2cc(CC)c(C3=CC=C(/C=C/C=C(/C#C)C#N)C3)cc2CC)C1. The average Bonchev–Trinajstić information content (AvgIpc) is 3.60. The summed E-state index contributed by atoms with van der Waals surface area (Å²) in [5.41, 5.74) is 11.3. The van der Waals surface area contributed by atoms with Gasteiger partial charge in [-0.1, -0.05) is 80.5 Å².